The van der Waals surface area contributed by atoms with Gasteiger partial charge in [0.25, 0.3) is 10.0 Å². The van der Waals surface area contributed by atoms with Gasteiger partial charge in [-0.2, -0.15) is 18.4 Å². The molecule has 3 rings (SSSR count). The first kappa shape index (κ1) is 20.2. The lowest BCUT2D eigenvalue weighted by Crippen LogP contribution is -2.20. The van der Waals surface area contributed by atoms with Gasteiger partial charge >= 0.3 is 0 Å². The van der Waals surface area contributed by atoms with Crippen molar-refractivity contribution in [3.63, 3.8) is 0 Å². The zero-order valence-electron chi connectivity index (χ0n) is 16.1. The topological polar surface area (TPSA) is 67.8 Å². The Hall–Kier alpha value is -3.56. The lowest BCUT2D eigenvalue weighted by molar-refractivity contribution is 0.415. The minimum absolute atomic E-state index is 0.141. The zero-order valence-corrected chi connectivity index (χ0v) is 16.9. The number of rotatable bonds is 5. The summed E-state index contributed by atoms with van der Waals surface area (Å²) in [5, 5.41) is 4.09. The Kier molecular flexibility index (Phi) is 6.32. The smallest absolute Gasteiger partial charge is 0.276 e. The zero-order chi connectivity index (χ0) is 20.7. The van der Waals surface area contributed by atoms with Gasteiger partial charge < -0.3 is 4.74 Å². The average Bonchev–Trinajstić information content (AvgIpc) is 2.75. The highest BCUT2D eigenvalue weighted by Gasteiger charge is 2.13. The molecule has 3 aromatic rings. The summed E-state index contributed by atoms with van der Waals surface area (Å²) >= 11 is 0. The third-order valence-corrected chi connectivity index (χ3v) is 5.30. The molecule has 3 aromatic carbocycles. The number of aryl methyl sites for hydroxylation is 1. The molecule has 5 nitrogen and oxygen atoms in total. The van der Waals surface area contributed by atoms with Crippen LogP contribution < -0.4 is 9.57 Å². The highest BCUT2D eigenvalue weighted by molar-refractivity contribution is 7.89. The predicted molar refractivity (Wildman–Crippen MR) is 114 cm³/mol. The molecule has 146 valence electrons. The average molecular weight is 404 g/mol. The molecule has 0 amide bonds. The van der Waals surface area contributed by atoms with Crippen molar-refractivity contribution < 1.29 is 13.2 Å². The quantitative estimate of drug-likeness (QED) is 0.400. The number of nitrogens with one attached hydrogen (secondary N) is 1. The van der Waals surface area contributed by atoms with Gasteiger partial charge in [0.05, 0.1) is 12.0 Å². The van der Waals surface area contributed by atoms with Crippen molar-refractivity contribution in [3.8, 4) is 17.6 Å². The molecule has 0 saturated carbocycles. The van der Waals surface area contributed by atoms with Crippen molar-refractivity contribution in [2.75, 3.05) is 7.11 Å². The van der Waals surface area contributed by atoms with Crippen molar-refractivity contribution in [2.45, 2.75) is 11.8 Å². The number of nitrogens with zero attached hydrogens (tertiary/aromatic N) is 1. The summed E-state index contributed by atoms with van der Waals surface area (Å²) in [7, 11) is -2.20. The number of hydrogen-bond acceptors (Lipinski definition) is 4. The Bertz CT molecular complexity index is 1160. The highest BCUT2D eigenvalue weighted by atomic mass is 32.2. The molecular weight excluding hydrogens is 384 g/mol. The van der Waals surface area contributed by atoms with Crippen LogP contribution in [0.4, 0.5) is 0 Å². The third kappa shape index (κ3) is 5.47. The van der Waals surface area contributed by atoms with E-state index in [0.29, 0.717) is 11.3 Å². The van der Waals surface area contributed by atoms with Gasteiger partial charge in [-0.1, -0.05) is 53.9 Å². The fourth-order valence-electron chi connectivity index (χ4n) is 2.44. The first-order valence-electron chi connectivity index (χ1n) is 8.85. The number of hydrogen-bond donors (Lipinski definition) is 1. The maximum Gasteiger partial charge on any atom is 0.276 e. The fourth-order valence-corrected chi connectivity index (χ4v) is 3.25. The van der Waals surface area contributed by atoms with Crippen LogP contribution in [0.5, 0.6) is 5.75 Å². The van der Waals surface area contributed by atoms with Crippen LogP contribution in [0.3, 0.4) is 0 Å². The van der Waals surface area contributed by atoms with Gasteiger partial charge in [-0.3, -0.25) is 0 Å². The summed E-state index contributed by atoms with van der Waals surface area (Å²) in [5.74, 6) is 6.70. The summed E-state index contributed by atoms with van der Waals surface area (Å²) in [6.07, 6.45) is 0. The van der Waals surface area contributed by atoms with Crippen molar-refractivity contribution in [1.82, 2.24) is 4.83 Å². The number of benzene rings is 3. The van der Waals surface area contributed by atoms with Crippen LogP contribution in [-0.4, -0.2) is 21.2 Å². The standard InChI is InChI=1S/C23H20N2O3S/c1-18-8-15-22(16-9-18)29(26,27)25-24-23(20-6-4-3-5-7-20)17-12-19-10-13-21(28-2)14-11-19/h3-11,13-16,25H,1-2H3/b24-23-. The normalized spacial score (nSPS) is 11.3. The minimum atomic E-state index is -3.79. The van der Waals surface area contributed by atoms with E-state index in [1.807, 2.05) is 61.5 Å². The van der Waals surface area contributed by atoms with Crippen LogP contribution in [0.1, 0.15) is 16.7 Å². The molecule has 6 heteroatoms. The summed E-state index contributed by atoms with van der Waals surface area (Å²) in [6.45, 7) is 1.89. The van der Waals surface area contributed by atoms with E-state index in [1.54, 1.807) is 31.4 Å². The maximum atomic E-state index is 12.5. The van der Waals surface area contributed by atoms with Gasteiger partial charge in [0.2, 0.25) is 0 Å². The van der Waals surface area contributed by atoms with E-state index in [1.165, 1.54) is 0 Å². The third-order valence-electron chi connectivity index (χ3n) is 4.07. The Morgan fingerprint density at radius 3 is 2.21 bits per heavy atom. The summed E-state index contributed by atoms with van der Waals surface area (Å²) in [6, 6.07) is 23.0. The van der Waals surface area contributed by atoms with Crippen LogP contribution >= 0.6 is 0 Å². The molecule has 29 heavy (non-hydrogen) atoms. The molecule has 1 N–H and O–H groups in total. The molecule has 0 radical (unpaired) electrons. The number of ether oxygens (including phenoxy) is 1. The first-order valence-corrected chi connectivity index (χ1v) is 10.3. The van der Waals surface area contributed by atoms with Crippen molar-refractivity contribution in [1.29, 1.82) is 0 Å². The lowest BCUT2D eigenvalue weighted by Gasteiger charge is -2.05. The van der Waals surface area contributed by atoms with Gasteiger partial charge in [0.1, 0.15) is 11.5 Å². The van der Waals surface area contributed by atoms with Crippen molar-refractivity contribution >= 4 is 15.7 Å². The summed E-state index contributed by atoms with van der Waals surface area (Å²) in [4.78, 5) is 2.43. The molecule has 0 heterocycles. The maximum absolute atomic E-state index is 12.5. The van der Waals surface area contributed by atoms with Crippen LogP contribution in [0.2, 0.25) is 0 Å². The first-order chi connectivity index (χ1) is 14.0. The second-order valence-corrected chi connectivity index (χ2v) is 7.87. The lowest BCUT2D eigenvalue weighted by atomic mass is 10.1. The molecule has 0 aliphatic carbocycles. The Labute approximate surface area is 171 Å². The molecule has 0 saturated heterocycles. The van der Waals surface area contributed by atoms with Gasteiger partial charge in [-0.05, 0) is 49.2 Å². The van der Waals surface area contributed by atoms with E-state index in [9.17, 15) is 8.42 Å². The second kappa shape index (κ2) is 9.09. The van der Waals surface area contributed by atoms with Crippen LogP contribution in [0, 0.1) is 18.8 Å². The molecule has 0 unspecified atom stereocenters. The fraction of sp³-hybridized carbons (Fsp3) is 0.0870. The highest BCUT2D eigenvalue weighted by Crippen LogP contribution is 2.12. The second-order valence-electron chi connectivity index (χ2n) is 6.21. The molecule has 0 fully saturated rings. The van der Waals surface area contributed by atoms with Crippen LogP contribution in [-0.2, 0) is 10.0 Å². The largest absolute Gasteiger partial charge is 0.497 e. The Morgan fingerprint density at radius 2 is 1.59 bits per heavy atom. The van der Waals surface area contributed by atoms with E-state index in [4.69, 9.17) is 4.74 Å². The van der Waals surface area contributed by atoms with Crippen LogP contribution in [0.25, 0.3) is 0 Å². The van der Waals surface area contributed by atoms with Crippen LogP contribution in [0.15, 0.2) is 88.9 Å². The molecule has 0 aliphatic rings. The van der Waals surface area contributed by atoms with Gasteiger partial charge in [0, 0.05) is 11.1 Å². The van der Waals surface area contributed by atoms with E-state index < -0.39 is 10.0 Å². The van der Waals surface area contributed by atoms with Crippen molar-refractivity contribution in [2.24, 2.45) is 5.10 Å². The van der Waals surface area contributed by atoms with Crippen molar-refractivity contribution in [3.05, 3.63) is 95.6 Å². The van der Waals surface area contributed by atoms with Gasteiger partial charge in [0.15, 0.2) is 0 Å². The van der Waals surface area contributed by atoms with E-state index >= 15 is 0 Å². The summed E-state index contributed by atoms with van der Waals surface area (Å²) < 4.78 is 30.2. The molecule has 0 spiro atoms. The Morgan fingerprint density at radius 1 is 0.931 bits per heavy atom. The SMILES string of the molecule is COc1ccc(C#C/C(=N/NS(=O)(=O)c2ccc(C)cc2)c2ccccc2)cc1. The van der Waals surface area contributed by atoms with Gasteiger partial charge in [-0.15, -0.1) is 0 Å². The van der Waals surface area contributed by atoms with E-state index in [2.05, 4.69) is 21.8 Å². The Balaban J connectivity index is 1.92. The van der Waals surface area contributed by atoms with Gasteiger partial charge in [-0.25, -0.2) is 0 Å². The monoisotopic (exact) mass is 404 g/mol. The molecule has 0 bridgehead atoms. The molecule has 0 aromatic heterocycles. The predicted octanol–water partition coefficient (Wildman–Crippen LogP) is 3.74. The number of sulfonamides is 1. The van der Waals surface area contributed by atoms with E-state index in [0.717, 1.165) is 16.9 Å². The molecule has 0 atom stereocenters. The molecular formula is C23H20N2O3S. The minimum Gasteiger partial charge on any atom is -0.497 e. The van der Waals surface area contributed by atoms with E-state index in [-0.39, 0.29) is 4.90 Å². The molecule has 0 aliphatic heterocycles. The number of methoxy groups -OCH3 is 1. The summed E-state index contributed by atoms with van der Waals surface area (Å²) in [5.41, 5.74) is 2.76. The number of hydrazone groups is 1.